The summed E-state index contributed by atoms with van der Waals surface area (Å²) in [5.74, 6) is 0. The number of nitrogens with zero attached hydrogens (tertiary/aromatic N) is 1. The van der Waals surface area contributed by atoms with Crippen molar-refractivity contribution in [3.63, 3.8) is 0 Å². The van der Waals surface area contributed by atoms with Gasteiger partial charge in [0.15, 0.2) is 0 Å². The highest BCUT2D eigenvalue weighted by molar-refractivity contribution is 7.89. The first-order chi connectivity index (χ1) is 10.9. The van der Waals surface area contributed by atoms with Gasteiger partial charge in [0, 0.05) is 35.2 Å². The SMILES string of the molecule is CC(N)CCCCC(C)NS(=O)(=O)c1cccc2cnccc12. The number of pyridine rings is 1. The lowest BCUT2D eigenvalue weighted by atomic mass is 10.1. The molecule has 2 aromatic rings. The van der Waals surface area contributed by atoms with E-state index in [-0.39, 0.29) is 12.1 Å². The predicted molar refractivity (Wildman–Crippen MR) is 93.6 cm³/mol. The largest absolute Gasteiger partial charge is 0.328 e. The molecule has 5 nitrogen and oxygen atoms in total. The molecule has 0 aliphatic carbocycles. The third-order valence-corrected chi connectivity index (χ3v) is 5.48. The van der Waals surface area contributed by atoms with Gasteiger partial charge in [-0.1, -0.05) is 25.0 Å². The zero-order chi connectivity index (χ0) is 16.9. The molecule has 0 amide bonds. The molecule has 6 heteroatoms. The van der Waals surface area contributed by atoms with E-state index in [2.05, 4.69) is 9.71 Å². The molecule has 1 heterocycles. The minimum atomic E-state index is -3.54. The van der Waals surface area contributed by atoms with Gasteiger partial charge in [-0.05, 0) is 38.8 Å². The molecule has 0 spiro atoms. The second kappa shape index (κ2) is 7.86. The first kappa shape index (κ1) is 17.8. The van der Waals surface area contributed by atoms with E-state index in [9.17, 15) is 8.42 Å². The Morgan fingerprint density at radius 3 is 2.65 bits per heavy atom. The van der Waals surface area contributed by atoms with Gasteiger partial charge < -0.3 is 5.73 Å². The van der Waals surface area contributed by atoms with Crippen LogP contribution in [-0.4, -0.2) is 25.5 Å². The topological polar surface area (TPSA) is 85.1 Å². The lowest BCUT2D eigenvalue weighted by Gasteiger charge is -2.15. The summed E-state index contributed by atoms with van der Waals surface area (Å²) in [6.07, 6.45) is 7.03. The molecule has 0 aliphatic heterocycles. The Balaban J connectivity index is 2.06. The van der Waals surface area contributed by atoms with E-state index in [1.54, 1.807) is 30.6 Å². The molecule has 3 N–H and O–H groups in total. The number of benzene rings is 1. The summed E-state index contributed by atoms with van der Waals surface area (Å²) in [6.45, 7) is 3.89. The summed E-state index contributed by atoms with van der Waals surface area (Å²) in [6, 6.07) is 7.06. The van der Waals surface area contributed by atoms with Crippen LogP contribution in [0.15, 0.2) is 41.6 Å². The summed E-state index contributed by atoms with van der Waals surface area (Å²) in [5, 5.41) is 1.51. The van der Waals surface area contributed by atoms with E-state index >= 15 is 0 Å². The number of hydrogen-bond acceptors (Lipinski definition) is 4. The van der Waals surface area contributed by atoms with Crippen molar-refractivity contribution in [3.05, 3.63) is 36.7 Å². The molecule has 2 atom stereocenters. The highest BCUT2D eigenvalue weighted by Crippen LogP contribution is 2.22. The van der Waals surface area contributed by atoms with E-state index < -0.39 is 10.0 Å². The van der Waals surface area contributed by atoms with Crippen LogP contribution in [0, 0.1) is 0 Å². The molecule has 0 saturated heterocycles. The Bertz CT molecular complexity index is 739. The lowest BCUT2D eigenvalue weighted by molar-refractivity contribution is 0.511. The van der Waals surface area contributed by atoms with Crippen molar-refractivity contribution in [2.24, 2.45) is 5.73 Å². The summed E-state index contributed by atoms with van der Waals surface area (Å²) < 4.78 is 28.1. The first-order valence-electron chi connectivity index (χ1n) is 8.01. The van der Waals surface area contributed by atoms with Crippen molar-refractivity contribution in [2.45, 2.75) is 56.5 Å². The average Bonchev–Trinajstić information content (AvgIpc) is 2.50. The monoisotopic (exact) mass is 335 g/mol. The minimum Gasteiger partial charge on any atom is -0.328 e. The molecule has 1 aromatic heterocycles. The molecule has 0 bridgehead atoms. The number of rotatable bonds is 8. The van der Waals surface area contributed by atoms with E-state index in [1.807, 2.05) is 19.9 Å². The van der Waals surface area contributed by atoms with Crippen molar-refractivity contribution in [3.8, 4) is 0 Å². The molecule has 23 heavy (non-hydrogen) atoms. The normalized spacial score (nSPS) is 14.7. The van der Waals surface area contributed by atoms with Gasteiger partial charge >= 0.3 is 0 Å². The summed E-state index contributed by atoms with van der Waals surface area (Å²) in [4.78, 5) is 4.34. The van der Waals surface area contributed by atoms with E-state index in [0.717, 1.165) is 31.1 Å². The van der Waals surface area contributed by atoms with E-state index in [4.69, 9.17) is 5.73 Å². The van der Waals surface area contributed by atoms with Crippen molar-refractivity contribution in [1.82, 2.24) is 9.71 Å². The third kappa shape index (κ3) is 4.99. The van der Waals surface area contributed by atoms with Crippen molar-refractivity contribution < 1.29 is 8.42 Å². The third-order valence-electron chi connectivity index (χ3n) is 3.83. The quantitative estimate of drug-likeness (QED) is 0.726. The Kier molecular flexibility index (Phi) is 6.10. The fourth-order valence-electron chi connectivity index (χ4n) is 2.63. The Morgan fingerprint density at radius 2 is 1.91 bits per heavy atom. The van der Waals surface area contributed by atoms with Gasteiger partial charge in [0.2, 0.25) is 10.0 Å². The van der Waals surface area contributed by atoms with Gasteiger partial charge in [-0.2, -0.15) is 0 Å². The molecule has 2 rings (SSSR count). The fraction of sp³-hybridized carbons (Fsp3) is 0.471. The molecule has 1 aromatic carbocycles. The highest BCUT2D eigenvalue weighted by Gasteiger charge is 2.19. The summed E-state index contributed by atoms with van der Waals surface area (Å²) >= 11 is 0. The highest BCUT2D eigenvalue weighted by atomic mass is 32.2. The molecule has 126 valence electrons. The lowest BCUT2D eigenvalue weighted by Crippen LogP contribution is -2.32. The average molecular weight is 335 g/mol. The van der Waals surface area contributed by atoms with Gasteiger partial charge in [-0.3, -0.25) is 4.98 Å². The summed E-state index contributed by atoms with van der Waals surface area (Å²) in [7, 11) is -3.54. The number of fused-ring (bicyclic) bond motifs is 1. The second-order valence-corrected chi connectivity index (χ2v) is 7.82. The van der Waals surface area contributed by atoms with Crippen molar-refractivity contribution in [2.75, 3.05) is 0 Å². The molecular formula is C17H25N3O2S. The predicted octanol–water partition coefficient (Wildman–Crippen LogP) is 2.81. The number of hydrogen-bond donors (Lipinski definition) is 2. The van der Waals surface area contributed by atoms with Crippen LogP contribution in [-0.2, 0) is 10.0 Å². The second-order valence-electron chi connectivity index (χ2n) is 6.14. The smallest absolute Gasteiger partial charge is 0.241 e. The Hall–Kier alpha value is -1.50. The minimum absolute atomic E-state index is 0.106. The maximum atomic E-state index is 12.6. The zero-order valence-electron chi connectivity index (χ0n) is 13.7. The molecule has 2 unspecified atom stereocenters. The molecule has 0 saturated carbocycles. The van der Waals surface area contributed by atoms with Gasteiger partial charge in [0.05, 0.1) is 4.90 Å². The van der Waals surface area contributed by atoms with Crippen LogP contribution in [0.2, 0.25) is 0 Å². The number of aromatic nitrogens is 1. The molecular weight excluding hydrogens is 310 g/mol. The van der Waals surface area contributed by atoms with Crippen molar-refractivity contribution >= 4 is 20.8 Å². The number of nitrogens with one attached hydrogen (secondary N) is 1. The van der Waals surface area contributed by atoms with Gasteiger partial charge in [-0.25, -0.2) is 13.1 Å². The van der Waals surface area contributed by atoms with Gasteiger partial charge in [0.25, 0.3) is 0 Å². The standard InChI is InChI=1S/C17H25N3O2S/c1-13(18)6-3-4-7-14(2)20-23(21,22)17-9-5-8-15-12-19-11-10-16(15)17/h5,8-14,20H,3-4,6-7,18H2,1-2H3. The number of unbranched alkanes of at least 4 members (excludes halogenated alkanes) is 1. The van der Waals surface area contributed by atoms with Gasteiger partial charge in [-0.15, -0.1) is 0 Å². The Morgan fingerprint density at radius 1 is 1.17 bits per heavy atom. The van der Waals surface area contributed by atoms with Crippen LogP contribution in [0.1, 0.15) is 39.5 Å². The zero-order valence-corrected chi connectivity index (χ0v) is 14.5. The number of sulfonamides is 1. The van der Waals surface area contributed by atoms with Crippen molar-refractivity contribution in [1.29, 1.82) is 0 Å². The molecule has 0 radical (unpaired) electrons. The molecule has 0 fully saturated rings. The van der Waals surface area contributed by atoms with Crippen LogP contribution in [0.4, 0.5) is 0 Å². The van der Waals surface area contributed by atoms with Crippen LogP contribution < -0.4 is 10.5 Å². The Labute approximate surface area is 138 Å². The number of nitrogens with two attached hydrogens (primary N) is 1. The van der Waals surface area contributed by atoms with Crippen LogP contribution in [0.3, 0.4) is 0 Å². The van der Waals surface area contributed by atoms with Crippen LogP contribution in [0.5, 0.6) is 0 Å². The van der Waals surface area contributed by atoms with E-state index in [1.165, 1.54) is 0 Å². The summed E-state index contributed by atoms with van der Waals surface area (Å²) in [5.41, 5.74) is 5.72. The van der Waals surface area contributed by atoms with Crippen LogP contribution >= 0.6 is 0 Å². The van der Waals surface area contributed by atoms with E-state index in [0.29, 0.717) is 10.3 Å². The maximum Gasteiger partial charge on any atom is 0.241 e. The first-order valence-corrected chi connectivity index (χ1v) is 9.49. The van der Waals surface area contributed by atoms with Crippen LogP contribution in [0.25, 0.3) is 10.8 Å². The molecule has 0 aliphatic rings. The van der Waals surface area contributed by atoms with Gasteiger partial charge in [0.1, 0.15) is 0 Å². The maximum absolute atomic E-state index is 12.6. The fourth-order valence-corrected chi connectivity index (χ4v) is 4.14.